The van der Waals surface area contributed by atoms with Gasteiger partial charge in [0.1, 0.15) is 12.0 Å². The molecule has 0 radical (unpaired) electrons. The molecular weight excluding hydrogens is 474 g/mol. The number of hydrogen-bond donors (Lipinski definition) is 5. The van der Waals surface area contributed by atoms with Crippen molar-refractivity contribution in [1.29, 1.82) is 0 Å². The molecule has 5 atom stereocenters. The number of nitrogens with zero attached hydrogens (tertiary/aromatic N) is 1. The number of aromatic hydroxyl groups is 2. The number of allylic oxidation sites excluding steroid dienone is 2. The SMILES string of the molecule is CCCCC[C@H](O)/C=C/[C@H]1[C@H](O)CC(=O)[C@@H]1C/C=C\CCCC(=O)N(C)C(O)Cc1ccc(O)c(O)c1. The van der Waals surface area contributed by atoms with Crippen molar-refractivity contribution in [3.8, 4) is 11.5 Å². The standard InChI is InChI=1S/C29H43NO7/c1-3-4-7-10-21(31)14-15-23-22(25(33)19-26(23)34)11-8-5-6-9-12-28(36)30(2)29(37)18-20-13-16-24(32)27(35)17-20/h5,8,13-17,21-23,26,29,31-32,34-35,37H,3-4,6-7,9-12,18-19H2,1-2H3/b8-5-,15-14+/t21-,22+,23+,26+,29?/m0/s1. The van der Waals surface area contributed by atoms with Crippen LogP contribution in [-0.2, 0) is 16.0 Å². The lowest BCUT2D eigenvalue weighted by Gasteiger charge is -2.24. The fourth-order valence-electron chi connectivity index (χ4n) is 4.60. The van der Waals surface area contributed by atoms with Gasteiger partial charge >= 0.3 is 0 Å². The lowest BCUT2D eigenvalue weighted by atomic mass is 9.90. The number of ketones is 1. The number of hydrogen-bond acceptors (Lipinski definition) is 7. The van der Waals surface area contributed by atoms with Gasteiger partial charge in [0.2, 0.25) is 5.91 Å². The first-order valence-electron chi connectivity index (χ1n) is 13.3. The summed E-state index contributed by atoms with van der Waals surface area (Å²) in [5.74, 6) is -1.31. The molecule has 1 aliphatic carbocycles. The summed E-state index contributed by atoms with van der Waals surface area (Å²) in [5, 5.41) is 49.7. The van der Waals surface area contributed by atoms with E-state index >= 15 is 0 Å². The number of carbonyl (C=O) groups excluding carboxylic acids is 2. The summed E-state index contributed by atoms with van der Waals surface area (Å²) in [7, 11) is 1.52. The van der Waals surface area contributed by atoms with E-state index in [1.54, 1.807) is 18.2 Å². The van der Waals surface area contributed by atoms with Crippen LogP contribution in [0, 0.1) is 11.8 Å². The average molecular weight is 518 g/mol. The summed E-state index contributed by atoms with van der Waals surface area (Å²) in [6.07, 6.45) is 11.0. The van der Waals surface area contributed by atoms with Crippen LogP contribution in [0.15, 0.2) is 42.5 Å². The quantitative estimate of drug-likeness (QED) is 0.104. The third-order valence-corrected chi connectivity index (χ3v) is 7.01. The maximum atomic E-state index is 12.4. The van der Waals surface area contributed by atoms with Crippen LogP contribution in [0.2, 0.25) is 0 Å². The van der Waals surface area contributed by atoms with Crippen molar-refractivity contribution in [1.82, 2.24) is 4.90 Å². The number of benzene rings is 1. The molecule has 0 heterocycles. The molecule has 1 unspecified atom stereocenters. The van der Waals surface area contributed by atoms with Gasteiger partial charge in [0.15, 0.2) is 11.5 Å². The number of rotatable bonds is 15. The molecule has 0 aromatic heterocycles. The number of carbonyl (C=O) groups is 2. The van der Waals surface area contributed by atoms with Crippen molar-refractivity contribution in [3.05, 3.63) is 48.1 Å². The molecule has 1 aliphatic rings. The van der Waals surface area contributed by atoms with Gasteiger partial charge in [-0.05, 0) is 43.4 Å². The Morgan fingerprint density at radius 1 is 1.14 bits per heavy atom. The third-order valence-electron chi connectivity index (χ3n) is 7.01. The molecule has 1 aromatic carbocycles. The molecule has 206 valence electrons. The van der Waals surface area contributed by atoms with E-state index in [0.717, 1.165) is 19.3 Å². The molecule has 0 saturated heterocycles. The van der Waals surface area contributed by atoms with Crippen molar-refractivity contribution < 1.29 is 35.1 Å². The van der Waals surface area contributed by atoms with Crippen LogP contribution in [0.3, 0.4) is 0 Å². The van der Waals surface area contributed by atoms with Crippen molar-refractivity contribution in [2.45, 2.75) is 89.6 Å². The van der Waals surface area contributed by atoms with E-state index in [1.165, 1.54) is 24.1 Å². The summed E-state index contributed by atoms with van der Waals surface area (Å²) < 4.78 is 0. The van der Waals surface area contributed by atoms with Crippen LogP contribution in [0.25, 0.3) is 0 Å². The minimum absolute atomic E-state index is 0.0278. The maximum absolute atomic E-state index is 12.4. The van der Waals surface area contributed by atoms with Gasteiger partial charge in [-0.15, -0.1) is 0 Å². The maximum Gasteiger partial charge on any atom is 0.224 e. The van der Waals surface area contributed by atoms with Crippen LogP contribution in [0.5, 0.6) is 11.5 Å². The second-order valence-electron chi connectivity index (χ2n) is 9.98. The molecule has 2 rings (SSSR count). The van der Waals surface area contributed by atoms with Crippen LogP contribution in [0.1, 0.15) is 70.3 Å². The Labute approximate surface area is 219 Å². The molecule has 8 heteroatoms. The molecule has 5 N–H and O–H groups in total. The van der Waals surface area contributed by atoms with E-state index in [1.807, 2.05) is 12.2 Å². The van der Waals surface area contributed by atoms with Crippen LogP contribution in [-0.4, -0.2) is 67.6 Å². The Morgan fingerprint density at radius 2 is 1.89 bits per heavy atom. The normalized spacial score (nSPS) is 21.6. The van der Waals surface area contributed by atoms with Gasteiger partial charge in [0.05, 0.1) is 12.2 Å². The van der Waals surface area contributed by atoms with E-state index < -0.39 is 18.4 Å². The molecule has 0 aliphatic heterocycles. The van der Waals surface area contributed by atoms with Crippen molar-refractivity contribution >= 4 is 11.7 Å². The zero-order valence-electron chi connectivity index (χ0n) is 22.0. The van der Waals surface area contributed by atoms with Gasteiger partial charge in [-0.25, -0.2) is 0 Å². The lowest BCUT2D eigenvalue weighted by molar-refractivity contribution is -0.138. The minimum Gasteiger partial charge on any atom is -0.504 e. The Bertz CT molecular complexity index is 929. The zero-order chi connectivity index (χ0) is 27.4. The second kappa shape index (κ2) is 15.5. The molecule has 0 spiro atoms. The number of phenolic OH excluding ortho intramolecular Hbond substituents is 2. The first-order chi connectivity index (χ1) is 17.6. The van der Waals surface area contributed by atoms with Gasteiger partial charge in [0, 0.05) is 38.1 Å². The topological polar surface area (TPSA) is 139 Å². The molecule has 1 fully saturated rings. The third kappa shape index (κ3) is 9.95. The van der Waals surface area contributed by atoms with Crippen molar-refractivity contribution in [2.24, 2.45) is 11.8 Å². The first kappa shape index (κ1) is 30.5. The van der Waals surface area contributed by atoms with Crippen molar-refractivity contribution in [2.75, 3.05) is 7.05 Å². The van der Waals surface area contributed by atoms with Gasteiger partial charge in [-0.3, -0.25) is 9.59 Å². The van der Waals surface area contributed by atoms with Crippen LogP contribution < -0.4 is 0 Å². The number of phenols is 2. The highest BCUT2D eigenvalue weighted by atomic mass is 16.3. The Kier molecular flexibility index (Phi) is 12.8. The number of aliphatic hydroxyl groups excluding tert-OH is 3. The van der Waals surface area contributed by atoms with E-state index in [2.05, 4.69) is 6.92 Å². The monoisotopic (exact) mass is 517 g/mol. The van der Waals surface area contributed by atoms with Gasteiger partial charge in [-0.2, -0.15) is 0 Å². The number of aliphatic hydroxyl groups is 3. The molecule has 1 aromatic rings. The van der Waals surface area contributed by atoms with Crippen LogP contribution >= 0.6 is 0 Å². The lowest BCUT2D eigenvalue weighted by Crippen LogP contribution is -2.38. The summed E-state index contributed by atoms with van der Waals surface area (Å²) in [6.45, 7) is 2.11. The first-order valence-corrected chi connectivity index (χ1v) is 13.3. The van der Waals surface area contributed by atoms with E-state index in [-0.39, 0.29) is 54.3 Å². The Balaban J connectivity index is 1.75. The largest absolute Gasteiger partial charge is 0.504 e. The van der Waals surface area contributed by atoms with Crippen molar-refractivity contribution in [3.63, 3.8) is 0 Å². The fraction of sp³-hybridized carbons (Fsp3) is 0.586. The molecule has 8 nitrogen and oxygen atoms in total. The summed E-state index contributed by atoms with van der Waals surface area (Å²) >= 11 is 0. The summed E-state index contributed by atoms with van der Waals surface area (Å²) in [5.41, 5.74) is 0.594. The summed E-state index contributed by atoms with van der Waals surface area (Å²) in [6, 6.07) is 4.26. The Morgan fingerprint density at radius 3 is 2.59 bits per heavy atom. The number of unbranched alkanes of at least 4 members (excludes halogenated alkanes) is 3. The number of amides is 1. The Hall–Kier alpha value is -2.68. The smallest absolute Gasteiger partial charge is 0.224 e. The molecule has 37 heavy (non-hydrogen) atoms. The van der Waals surface area contributed by atoms with E-state index in [0.29, 0.717) is 31.2 Å². The highest BCUT2D eigenvalue weighted by molar-refractivity contribution is 5.84. The average Bonchev–Trinajstić information content (AvgIpc) is 3.13. The minimum atomic E-state index is -1.05. The number of Topliss-reactive ketones (excluding diaryl/α,β-unsaturated/α-hetero) is 1. The van der Waals surface area contributed by atoms with Crippen LogP contribution in [0.4, 0.5) is 0 Å². The van der Waals surface area contributed by atoms with Gasteiger partial charge < -0.3 is 30.4 Å². The zero-order valence-corrected chi connectivity index (χ0v) is 22.0. The van der Waals surface area contributed by atoms with E-state index in [4.69, 9.17) is 0 Å². The molecule has 1 saturated carbocycles. The molecular formula is C29H43NO7. The molecule has 0 bridgehead atoms. The number of likely N-dealkylation sites (N-methyl/N-ethyl adjacent to an activating group) is 1. The summed E-state index contributed by atoms with van der Waals surface area (Å²) in [4.78, 5) is 26.1. The van der Waals surface area contributed by atoms with Gasteiger partial charge in [0.25, 0.3) is 0 Å². The predicted octanol–water partition coefficient (Wildman–Crippen LogP) is 3.60. The van der Waals surface area contributed by atoms with E-state index in [9.17, 15) is 35.1 Å². The second-order valence-corrected chi connectivity index (χ2v) is 9.98. The van der Waals surface area contributed by atoms with Gasteiger partial charge in [-0.1, -0.05) is 56.6 Å². The predicted molar refractivity (Wildman–Crippen MR) is 142 cm³/mol. The fourth-order valence-corrected chi connectivity index (χ4v) is 4.60. The molecule has 1 amide bonds. The highest BCUT2D eigenvalue weighted by Gasteiger charge is 2.39. The highest BCUT2D eigenvalue weighted by Crippen LogP contribution is 2.33.